The largest absolute Gasteiger partial charge is 0.379 e. The molecule has 166 valence electrons. The summed E-state index contributed by atoms with van der Waals surface area (Å²) in [4.78, 5) is 21.9. The first-order chi connectivity index (χ1) is 15.7. The van der Waals surface area contributed by atoms with E-state index in [4.69, 9.17) is 4.74 Å². The Balaban J connectivity index is 1.35. The highest BCUT2D eigenvalue weighted by Crippen LogP contribution is 2.27. The lowest BCUT2D eigenvalue weighted by molar-refractivity contribution is -0.384. The standard InChI is InChI=1S/C23H26N6O3/c30-29(31)21-7-2-5-19(17-21)18-4-1-6-20(16-18)26-23-25-10-8-22(27-23)24-9-3-11-28-12-14-32-15-13-28/h1-2,4-8,10,16-17H,3,9,11-15H2,(H2,24,25,26,27). The van der Waals surface area contributed by atoms with Crippen LogP contribution in [0.5, 0.6) is 0 Å². The van der Waals surface area contributed by atoms with Crippen LogP contribution < -0.4 is 10.6 Å². The van der Waals surface area contributed by atoms with Crippen LogP contribution in [0.1, 0.15) is 6.42 Å². The van der Waals surface area contributed by atoms with Crippen LogP contribution in [0.4, 0.5) is 23.1 Å². The molecule has 32 heavy (non-hydrogen) atoms. The third kappa shape index (κ3) is 5.99. The van der Waals surface area contributed by atoms with Gasteiger partial charge in [0.25, 0.3) is 5.69 Å². The van der Waals surface area contributed by atoms with Crippen molar-refractivity contribution in [3.05, 3.63) is 70.9 Å². The van der Waals surface area contributed by atoms with Gasteiger partial charge in [0, 0.05) is 43.7 Å². The summed E-state index contributed by atoms with van der Waals surface area (Å²) in [5.41, 5.74) is 2.52. The molecule has 0 atom stereocenters. The van der Waals surface area contributed by atoms with Gasteiger partial charge in [0.1, 0.15) is 5.82 Å². The fraction of sp³-hybridized carbons (Fsp3) is 0.304. The number of aromatic nitrogens is 2. The molecule has 0 aliphatic carbocycles. The van der Waals surface area contributed by atoms with Crippen LogP contribution in [0.15, 0.2) is 60.8 Å². The van der Waals surface area contributed by atoms with Gasteiger partial charge in [-0.2, -0.15) is 4.98 Å². The predicted molar refractivity (Wildman–Crippen MR) is 124 cm³/mol. The molecular formula is C23H26N6O3. The summed E-state index contributed by atoms with van der Waals surface area (Å²) in [6.45, 7) is 5.49. The van der Waals surface area contributed by atoms with Crippen LogP contribution in [0.3, 0.4) is 0 Å². The van der Waals surface area contributed by atoms with E-state index in [0.29, 0.717) is 5.95 Å². The fourth-order valence-electron chi connectivity index (χ4n) is 3.57. The molecule has 1 fully saturated rings. The van der Waals surface area contributed by atoms with E-state index < -0.39 is 0 Å². The van der Waals surface area contributed by atoms with Crippen molar-refractivity contribution in [2.45, 2.75) is 6.42 Å². The Labute approximate surface area is 186 Å². The minimum atomic E-state index is -0.390. The fourth-order valence-corrected chi connectivity index (χ4v) is 3.57. The highest BCUT2D eigenvalue weighted by molar-refractivity contribution is 5.71. The zero-order valence-electron chi connectivity index (χ0n) is 17.7. The van der Waals surface area contributed by atoms with Crippen LogP contribution in [0.2, 0.25) is 0 Å². The van der Waals surface area contributed by atoms with Crippen molar-refractivity contribution < 1.29 is 9.66 Å². The molecule has 1 aromatic heterocycles. The second kappa shape index (κ2) is 10.7. The van der Waals surface area contributed by atoms with Crippen LogP contribution in [0, 0.1) is 10.1 Å². The number of nitro groups is 1. The molecule has 0 saturated carbocycles. The van der Waals surface area contributed by atoms with Gasteiger partial charge in [0.2, 0.25) is 5.95 Å². The molecule has 2 N–H and O–H groups in total. The molecule has 9 heteroatoms. The smallest absolute Gasteiger partial charge is 0.270 e. The number of anilines is 3. The SMILES string of the molecule is O=[N+]([O-])c1cccc(-c2cccc(Nc3nccc(NCCCN4CCOCC4)n3)c2)c1. The summed E-state index contributed by atoms with van der Waals surface area (Å²) >= 11 is 0. The number of rotatable bonds is 9. The Morgan fingerprint density at radius 3 is 2.66 bits per heavy atom. The van der Waals surface area contributed by atoms with Crippen molar-refractivity contribution in [2.24, 2.45) is 0 Å². The molecule has 2 aromatic carbocycles. The predicted octanol–water partition coefficient (Wildman–Crippen LogP) is 3.93. The summed E-state index contributed by atoms with van der Waals surface area (Å²) in [6, 6.07) is 16.1. The monoisotopic (exact) mass is 434 g/mol. The van der Waals surface area contributed by atoms with Crippen molar-refractivity contribution in [3.8, 4) is 11.1 Å². The topological polar surface area (TPSA) is 105 Å². The van der Waals surface area contributed by atoms with E-state index in [-0.39, 0.29) is 10.6 Å². The van der Waals surface area contributed by atoms with Crippen LogP contribution >= 0.6 is 0 Å². The minimum Gasteiger partial charge on any atom is -0.379 e. The molecular weight excluding hydrogens is 408 g/mol. The average molecular weight is 435 g/mol. The summed E-state index contributed by atoms with van der Waals surface area (Å²) < 4.78 is 5.38. The van der Waals surface area contributed by atoms with Crippen molar-refractivity contribution in [3.63, 3.8) is 0 Å². The first-order valence-electron chi connectivity index (χ1n) is 10.7. The van der Waals surface area contributed by atoms with Gasteiger partial charge in [-0.05, 0) is 42.3 Å². The van der Waals surface area contributed by atoms with Gasteiger partial charge >= 0.3 is 0 Å². The van der Waals surface area contributed by atoms with E-state index in [1.165, 1.54) is 6.07 Å². The van der Waals surface area contributed by atoms with Gasteiger partial charge in [-0.15, -0.1) is 0 Å². The number of nitrogens with one attached hydrogen (secondary N) is 2. The summed E-state index contributed by atoms with van der Waals surface area (Å²) in [5, 5.41) is 17.6. The quantitative estimate of drug-likeness (QED) is 0.296. The molecule has 1 saturated heterocycles. The van der Waals surface area contributed by atoms with Gasteiger partial charge in [-0.25, -0.2) is 4.98 Å². The van der Waals surface area contributed by atoms with Gasteiger partial charge < -0.3 is 15.4 Å². The highest BCUT2D eigenvalue weighted by Gasteiger charge is 2.10. The Bertz CT molecular complexity index is 1060. The van der Waals surface area contributed by atoms with Gasteiger partial charge in [-0.3, -0.25) is 15.0 Å². The van der Waals surface area contributed by atoms with Crippen molar-refractivity contribution in [2.75, 3.05) is 50.0 Å². The van der Waals surface area contributed by atoms with Gasteiger partial charge in [0.15, 0.2) is 0 Å². The Hall–Kier alpha value is -3.56. The van der Waals surface area contributed by atoms with E-state index in [0.717, 1.165) is 68.4 Å². The number of morpholine rings is 1. The number of benzene rings is 2. The molecule has 4 rings (SSSR count). The maximum Gasteiger partial charge on any atom is 0.270 e. The van der Waals surface area contributed by atoms with Crippen molar-refractivity contribution in [1.82, 2.24) is 14.9 Å². The third-order valence-electron chi connectivity index (χ3n) is 5.23. The average Bonchev–Trinajstić information content (AvgIpc) is 2.83. The maximum absolute atomic E-state index is 11.1. The van der Waals surface area contributed by atoms with E-state index >= 15 is 0 Å². The number of nitro benzene ring substituents is 1. The second-order valence-electron chi connectivity index (χ2n) is 7.51. The third-order valence-corrected chi connectivity index (χ3v) is 5.23. The zero-order chi connectivity index (χ0) is 22.2. The number of nitrogens with zero attached hydrogens (tertiary/aromatic N) is 4. The lowest BCUT2D eigenvalue weighted by Crippen LogP contribution is -2.37. The Morgan fingerprint density at radius 1 is 1.06 bits per heavy atom. The minimum absolute atomic E-state index is 0.0663. The van der Waals surface area contributed by atoms with Gasteiger partial charge in [0.05, 0.1) is 18.1 Å². The van der Waals surface area contributed by atoms with Gasteiger partial charge in [-0.1, -0.05) is 24.3 Å². The number of hydrogen-bond acceptors (Lipinski definition) is 8. The maximum atomic E-state index is 11.1. The molecule has 0 unspecified atom stereocenters. The van der Waals surface area contributed by atoms with Crippen molar-refractivity contribution >= 4 is 23.1 Å². The zero-order valence-corrected chi connectivity index (χ0v) is 17.7. The number of ether oxygens (including phenoxy) is 1. The Kier molecular flexibility index (Phi) is 7.21. The Morgan fingerprint density at radius 2 is 1.84 bits per heavy atom. The number of hydrogen-bond donors (Lipinski definition) is 2. The van der Waals surface area contributed by atoms with Crippen LogP contribution in [0.25, 0.3) is 11.1 Å². The van der Waals surface area contributed by atoms with Crippen LogP contribution in [-0.2, 0) is 4.74 Å². The summed E-state index contributed by atoms with van der Waals surface area (Å²) in [5.74, 6) is 1.25. The summed E-state index contributed by atoms with van der Waals surface area (Å²) in [7, 11) is 0. The lowest BCUT2D eigenvalue weighted by atomic mass is 10.0. The molecule has 0 bridgehead atoms. The number of non-ortho nitro benzene ring substituents is 1. The van der Waals surface area contributed by atoms with E-state index in [1.54, 1.807) is 18.3 Å². The second-order valence-corrected chi connectivity index (χ2v) is 7.51. The molecule has 9 nitrogen and oxygen atoms in total. The summed E-state index contributed by atoms with van der Waals surface area (Å²) in [6.07, 6.45) is 2.74. The first-order valence-corrected chi connectivity index (χ1v) is 10.7. The van der Waals surface area contributed by atoms with E-state index in [2.05, 4.69) is 25.5 Å². The van der Waals surface area contributed by atoms with Crippen molar-refractivity contribution in [1.29, 1.82) is 0 Å². The molecule has 3 aromatic rings. The normalized spacial score (nSPS) is 14.1. The van der Waals surface area contributed by atoms with E-state index in [9.17, 15) is 10.1 Å². The molecule has 1 aliphatic heterocycles. The first kappa shape index (κ1) is 21.7. The van der Waals surface area contributed by atoms with E-state index in [1.807, 2.05) is 36.4 Å². The molecule has 2 heterocycles. The molecule has 0 spiro atoms. The lowest BCUT2D eigenvalue weighted by Gasteiger charge is -2.26. The molecule has 0 radical (unpaired) electrons. The highest BCUT2D eigenvalue weighted by atomic mass is 16.6. The molecule has 1 aliphatic rings. The molecule has 0 amide bonds. The van der Waals surface area contributed by atoms with Crippen LogP contribution in [-0.4, -0.2) is 59.2 Å².